The van der Waals surface area contributed by atoms with E-state index in [9.17, 15) is 4.79 Å². The Kier molecular flexibility index (Phi) is 6.42. The maximum atomic E-state index is 12.6. The van der Waals surface area contributed by atoms with Gasteiger partial charge in [-0.3, -0.25) is 4.79 Å². The van der Waals surface area contributed by atoms with E-state index >= 15 is 0 Å². The second kappa shape index (κ2) is 8.53. The zero-order valence-corrected chi connectivity index (χ0v) is 14.9. The monoisotopic (exact) mass is 326 g/mol. The van der Waals surface area contributed by atoms with Crippen LogP contribution >= 0.6 is 0 Å². The zero-order chi connectivity index (χ0) is 17.5. The SMILES string of the molecule is COc1ccc(CC(C)C(=O)C(C)Cc2ccc(OC)cc2)cc1. The van der Waals surface area contributed by atoms with Crippen LogP contribution in [-0.2, 0) is 17.6 Å². The summed E-state index contributed by atoms with van der Waals surface area (Å²) in [7, 11) is 3.31. The largest absolute Gasteiger partial charge is 0.497 e. The third-order valence-corrected chi connectivity index (χ3v) is 4.37. The summed E-state index contributed by atoms with van der Waals surface area (Å²) in [5, 5.41) is 0. The van der Waals surface area contributed by atoms with Gasteiger partial charge in [-0.15, -0.1) is 0 Å². The molecule has 24 heavy (non-hydrogen) atoms. The maximum Gasteiger partial charge on any atom is 0.139 e. The van der Waals surface area contributed by atoms with Crippen LogP contribution in [-0.4, -0.2) is 20.0 Å². The van der Waals surface area contributed by atoms with Crippen LogP contribution in [0, 0.1) is 11.8 Å². The van der Waals surface area contributed by atoms with E-state index in [4.69, 9.17) is 9.47 Å². The van der Waals surface area contributed by atoms with Crippen molar-refractivity contribution in [3.63, 3.8) is 0 Å². The van der Waals surface area contributed by atoms with E-state index in [-0.39, 0.29) is 11.8 Å². The third-order valence-electron chi connectivity index (χ3n) is 4.37. The van der Waals surface area contributed by atoms with Crippen molar-refractivity contribution in [2.45, 2.75) is 26.7 Å². The number of hydrogen-bond donors (Lipinski definition) is 0. The molecule has 0 aliphatic heterocycles. The first-order valence-corrected chi connectivity index (χ1v) is 8.33. The summed E-state index contributed by atoms with van der Waals surface area (Å²) in [5.74, 6) is 2.00. The molecule has 2 atom stereocenters. The van der Waals surface area contributed by atoms with E-state index in [1.54, 1.807) is 14.2 Å². The van der Waals surface area contributed by atoms with Crippen LogP contribution in [0.25, 0.3) is 0 Å². The van der Waals surface area contributed by atoms with Crippen molar-refractivity contribution >= 4 is 5.78 Å². The number of benzene rings is 2. The van der Waals surface area contributed by atoms with E-state index in [2.05, 4.69) is 0 Å². The minimum absolute atomic E-state index is 0.00615. The van der Waals surface area contributed by atoms with Gasteiger partial charge in [-0.2, -0.15) is 0 Å². The maximum absolute atomic E-state index is 12.6. The van der Waals surface area contributed by atoms with Gasteiger partial charge in [-0.1, -0.05) is 38.1 Å². The Hall–Kier alpha value is -2.29. The molecule has 0 aliphatic carbocycles. The van der Waals surface area contributed by atoms with Gasteiger partial charge in [0.1, 0.15) is 17.3 Å². The highest BCUT2D eigenvalue weighted by atomic mass is 16.5. The Morgan fingerprint density at radius 3 is 1.38 bits per heavy atom. The zero-order valence-electron chi connectivity index (χ0n) is 14.9. The van der Waals surface area contributed by atoms with Crippen molar-refractivity contribution in [2.75, 3.05) is 14.2 Å². The van der Waals surface area contributed by atoms with Gasteiger partial charge < -0.3 is 9.47 Å². The van der Waals surface area contributed by atoms with Crippen molar-refractivity contribution in [2.24, 2.45) is 11.8 Å². The highest BCUT2D eigenvalue weighted by Gasteiger charge is 2.20. The molecule has 128 valence electrons. The Morgan fingerprint density at radius 2 is 1.08 bits per heavy atom. The first kappa shape index (κ1) is 18.1. The molecule has 0 heterocycles. The van der Waals surface area contributed by atoms with E-state index in [0.717, 1.165) is 35.5 Å². The fraction of sp³-hybridized carbons (Fsp3) is 0.381. The molecule has 3 nitrogen and oxygen atoms in total. The van der Waals surface area contributed by atoms with E-state index in [1.807, 2.05) is 62.4 Å². The normalized spacial score (nSPS) is 13.2. The number of carbonyl (C=O) groups excluding carboxylic acids is 1. The highest BCUT2D eigenvalue weighted by molar-refractivity contribution is 5.83. The second-order valence-electron chi connectivity index (χ2n) is 6.31. The Balaban J connectivity index is 1.92. The quantitative estimate of drug-likeness (QED) is 0.724. The van der Waals surface area contributed by atoms with Gasteiger partial charge in [0.25, 0.3) is 0 Å². The second-order valence-corrected chi connectivity index (χ2v) is 6.31. The average Bonchev–Trinajstić information content (AvgIpc) is 2.62. The first-order valence-electron chi connectivity index (χ1n) is 8.33. The number of ether oxygens (including phenoxy) is 2. The average molecular weight is 326 g/mol. The summed E-state index contributed by atoms with van der Waals surface area (Å²) in [6.45, 7) is 4.02. The molecule has 2 rings (SSSR count). The van der Waals surface area contributed by atoms with E-state index in [1.165, 1.54) is 0 Å². The number of hydrogen-bond acceptors (Lipinski definition) is 3. The number of methoxy groups -OCH3 is 2. The molecule has 0 saturated carbocycles. The molecule has 2 unspecified atom stereocenters. The van der Waals surface area contributed by atoms with Crippen molar-refractivity contribution in [1.29, 1.82) is 0 Å². The lowest BCUT2D eigenvalue weighted by molar-refractivity contribution is -0.125. The van der Waals surface area contributed by atoms with Crippen LogP contribution in [0.1, 0.15) is 25.0 Å². The third kappa shape index (κ3) is 4.85. The highest BCUT2D eigenvalue weighted by Crippen LogP contribution is 2.20. The predicted molar refractivity (Wildman–Crippen MR) is 96.7 cm³/mol. The molecule has 0 aliphatic rings. The smallest absolute Gasteiger partial charge is 0.139 e. The molecule has 2 aromatic carbocycles. The van der Waals surface area contributed by atoms with Crippen LogP contribution in [0.5, 0.6) is 11.5 Å². The van der Waals surface area contributed by atoms with Gasteiger partial charge in [0, 0.05) is 11.8 Å². The summed E-state index contributed by atoms with van der Waals surface area (Å²) >= 11 is 0. The molecule has 3 heteroatoms. The molecular formula is C21H26O3. The first-order chi connectivity index (χ1) is 11.5. The van der Waals surface area contributed by atoms with Crippen LogP contribution < -0.4 is 9.47 Å². The molecule has 0 radical (unpaired) electrons. The van der Waals surface area contributed by atoms with Crippen molar-refractivity contribution in [1.82, 2.24) is 0 Å². The predicted octanol–water partition coefficient (Wildman–Crippen LogP) is 4.33. The van der Waals surface area contributed by atoms with Crippen molar-refractivity contribution in [3.05, 3.63) is 59.7 Å². The van der Waals surface area contributed by atoms with E-state index < -0.39 is 0 Å². The lowest BCUT2D eigenvalue weighted by Gasteiger charge is -2.17. The lowest BCUT2D eigenvalue weighted by atomic mass is 9.87. The summed E-state index contributed by atoms with van der Waals surface area (Å²) < 4.78 is 10.3. The Bertz CT molecular complexity index is 586. The van der Waals surface area contributed by atoms with Crippen molar-refractivity contribution < 1.29 is 14.3 Å². The number of Topliss-reactive ketones (excluding diaryl/α,β-unsaturated/α-hetero) is 1. The summed E-state index contributed by atoms with van der Waals surface area (Å²) in [6.07, 6.45) is 1.52. The lowest BCUT2D eigenvalue weighted by Crippen LogP contribution is -2.22. The van der Waals surface area contributed by atoms with Crippen LogP contribution in [0.4, 0.5) is 0 Å². The minimum Gasteiger partial charge on any atom is -0.497 e. The molecule has 0 aromatic heterocycles. The van der Waals surface area contributed by atoms with Gasteiger partial charge >= 0.3 is 0 Å². The molecule has 0 saturated heterocycles. The van der Waals surface area contributed by atoms with Crippen LogP contribution in [0.3, 0.4) is 0 Å². The molecule has 0 spiro atoms. The minimum atomic E-state index is 0.00615. The molecule has 0 fully saturated rings. The summed E-state index contributed by atoms with van der Waals surface area (Å²) in [4.78, 5) is 12.6. The molecule has 2 aromatic rings. The summed E-state index contributed by atoms with van der Waals surface area (Å²) in [5.41, 5.74) is 2.32. The molecule has 0 bridgehead atoms. The number of carbonyl (C=O) groups is 1. The van der Waals surface area contributed by atoms with Gasteiger partial charge in [0.05, 0.1) is 14.2 Å². The van der Waals surface area contributed by atoms with Crippen LogP contribution in [0.2, 0.25) is 0 Å². The molecule has 0 N–H and O–H groups in total. The van der Waals surface area contributed by atoms with Gasteiger partial charge in [0.2, 0.25) is 0 Å². The molecule has 0 amide bonds. The van der Waals surface area contributed by atoms with Crippen molar-refractivity contribution in [3.8, 4) is 11.5 Å². The standard InChI is InChI=1S/C21H26O3/c1-15(13-17-5-9-19(23-3)10-6-17)21(22)16(2)14-18-7-11-20(24-4)12-8-18/h5-12,15-16H,13-14H2,1-4H3. The fourth-order valence-corrected chi connectivity index (χ4v) is 2.92. The number of ketones is 1. The molecular weight excluding hydrogens is 300 g/mol. The number of rotatable bonds is 8. The van der Waals surface area contributed by atoms with Crippen LogP contribution in [0.15, 0.2) is 48.5 Å². The van der Waals surface area contributed by atoms with Gasteiger partial charge in [0.15, 0.2) is 0 Å². The van der Waals surface area contributed by atoms with Gasteiger partial charge in [-0.05, 0) is 48.2 Å². The Labute approximate surface area is 144 Å². The van der Waals surface area contributed by atoms with Gasteiger partial charge in [-0.25, -0.2) is 0 Å². The van der Waals surface area contributed by atoms with E-state index in [0.29, 0.717) is 5.78 Å². The fourth-order valence-electron chi connectivity index (χ4n) is 2.92. The summed E-state index contributed by atoms with van der Waals surface area (Å²) in [6, 6.07) is 15.8. The Morgan fingerprint density at radius 1 is 0.750 bits per heavy atom. The topological polar surface area (TPSA) is 35.5 Å².